The highest BCUT2D eigenvalue weighted by Crippen LogP contribution is 2.09. The van der Waals surface area contributed by atoms with Gasteiger partial charge in [0.25, 0.3) is 10.0 Å². The number of hydrazone groups is 1. The monoisotopic (exact) mass is 293 g/mol. The highest BCUT2D eigenvalue weighted by molar-refractivity contribution is 7.89. The second-order valence-corrected chi connectivity index (χ2v) is 5.73. The predicted octanol–water partition coefficient (Wildman–Crippen LogP) is 1.84. The van der Waals surface area contributed by atoms with Crippen molar-refractivity contribution in [3.63, 3.8) is 0 Å². The van der Waals surface area contributed by atoms with Gasteiger partial charge in [-0.15, -0.1) is 0 Å². The van der Waals surface area contributed by atoms with Crippen molar-refractivity contribution < 1.29 is 12.8 Å². The second-order valence-electron chi connectivity index (χ2n) is 4.07. The molecule has 0 bridgehead atoms. The van der Waals surface area contributed by atoms with Crippen molar-refractivity contribution in [3.05, 3.63) is 59.7 Å². The summed E-state index contributed by atoms with van der Waals surface area (Å²) < 4.78 is 36.4. The minimum Gasteiger partial charge on any atom is -0.252 e. The molecule has 0 unspecified atom stereocenters. The van der Waals surface area contributed by atoms with Crippen LogP contribution in [0.5, 0.6) is 0 Å². The lowest BCUT2D eigenvalue weighted by molar-refractivity contribution is 0.584. The number of nitrogens with zero attached hydrogens (tertiary/aromatic N) is 2. The van der Waals surface area contributed by atoms with E-state index in [-0.39, 0.29) is 4.90 Å². The van der Waals surface area contributed by atoms with Crippen molar-refractivity contribution in [2.24, 2.45) is 5.10 Å². The molecule has 2 aromatic rings. The third-order valence-corrected chi connectivity index (χ3v) is 3.69. The molecule has 0 fully saturated rings. The fraction of sp³-hybridized carbons (Fsp3) is 0.0769. The molecule has 1 heterocycles. The quantitative estimate of drug-likeness (QED) is 0.690. The number of benzene rings is 1. The number of aryl methyl sites for hydroxylation is 1. The van der Waals surface area contributed by atoms with Gasteiger partial charge < -0.3 is 0 Å². The maximum atomic E-state index is 12.6. The number of aromatic nitrogens is 1. The molecule has 1 aromatic carbocycles. The second kappa shape index (κ2) is 5.79. The Kier molecular flexibility index (Phi) is 4.09. The Morgan fingerprint density at radius 3 is 2.50 bits per heavy atom. The van der Waals surface area contributed by atoms with E-state index in [0.717, 1.165) is 11.8 Å². The first-order valence-corrected chi connectivity index (χ1v) is 7.19. The lowest BCUT2D eigenvalue weighted by atomic mass is 10.2. The molecule has 1 aromatic heterocycles. The SMILES string of the molecule is Cc1ccc(S(=O)(=O)N/N=C\c2ccc(F)cn2)cc1. The number of pyridine rings is 1. The van der Waals surface area contributed by atoms with Gasteiger partial charge in [0, 0.05) is 0 Å². The molecule has 0 saturated carbocycles. The van der Waals surface area contributed by atoms with Crippen LogP contribution in [0.2, 0.25) is 0 Å². The molecule has 0 radical (unpaired) electrons. The summed E-state index contributed by atoms with van der Waals surface area (Å²) in [5, 5.41) is 3.59. The number of hydrogen-bond acceptors (Lipinski definition) is 4. The van der Waals surface area contributed by atoms with Crippen LogP contribution in [0.15, 0.2) is 52.6 Å². The van der Waals surface area contributed by atoms with Gasteiger partial charge in [0.05, 0.1) is 23.0 Å². The summed E-state index contributed by atoms with van der Waals surface area (Å²) in [6.45, 7) is 1.86. The fourth-order valence-electron chi connectivity index (χ4n) is 1.40. The zero-order chi connectivity index (χ0) is 14.6. The summed E-state index contributed by atoms with van der Waals surface area (Å²) in [6.07, 6.45) is 2.22. The molecule has 7 heteroatoms. The molecule has 0 aliphatic heterocycles. The van der Waals surface area contributed by atoms with E-state index in [1.54, 1.807) is 12.1 Å². The molecule has 0 spiro atoms. The van der Waals surface area contributed by atoms with E-state index in [9.17, 15) is 12.8 Å². The number of halogens is 1. The van der Waals surface area contributed by atoms with Crippen molar-refractivity contribution in [1.82, 2.24) is 9.82 Å². The van der Waals surface area contributed by atoms with Gasteiger partial charge in [0.15, 0.2) is 0 Å². The molecule has 5 nitrogen and oxygen atoms in total. The van der Waals surface area contributed by atoms with Gasteiger partial charge in [-0.05, 0) is 31.2 Å². The van der Waals surface area contributed by atoms with Gasteiger partial charge in [-0.2, -0.15) is 13.5 Å². The Morgan fingerprint density at radius 1 is 1.20 bits per heavy atom. The minimum atomic E-state index is -3.71. The lowest BCUT2D eigenvalue weighted by Crippen LogP contribution is -2.18. The molecule has 0 saturated heterocycles. The van der Waals surface area contributed by atoms with Crippen LogP contribution in [0.1, 0.15) is 11.3 Å². The average Bonchev–Trinajstić information content (AvgIpc) is 2.41. The summed E-state index contributed by atoms with van der Waals surface area (Å²) in [6, 6.07) is 8.97. The number of nitrogens with one attached hydrogen (secondary N) is 1. The van der Waals surface area contributed by atoms with Crippen molar-refractivity contribution in [2.75, 3.05) is 0 Å². The molecule has 2 rings (SSSR count). The van der Waals surface area contributed by atoms with E-state index in [2.05, 4.69) is 14.9 Å². The lowest BCUT2D eigenvalue weighted by Gasteiger charge is -2.03. The number of rotatable bonds is 4. The van der Waals surface area contributed by atoms with Gasteiger partial charge in [0.2, 0.25) is 0 Å². The summed E-state index contributed by atoms with van der Waals surface area (Å²) in [7, 11) is -3.71. The Morgan fingerprint density at radius 2 is 1.90 bits per heavy atom. The zero-order valence-electron chi connectivity index (χ0n) is 10.6. The van der Waals surface area contributed by atoms with Crippen molar-refractivity contribution in [3.8, 4) is 0 Å². The Balaban J connectivity index is 2.09. The van der Waals surface area contributed by atoms with Crippen LogP contribution in [-0.2, 0) is 10.0 Å². The molecular formula is C13H12FN3O2S. The topological polar surface area (TPSA) is 71.4 Å². The van der Waals surface area contributed by atoms with Gasteiger partial charge in [-0.25, -0.2) is 9.22 Å². The Labute approximate surface area is 116 Å². The van der Waals surface area contributed by atoms with Crippen LogP contribution in [0.25, 0.3) is 0 Å². The van der Waals surface area contributed by atoms with Crippen LogP contribution < -0.4 is 4.83 Å². The third-order valence-electron chi connectivity index (χ3n) is 2.45. The molecule has 0 amide bonds. The average molecular weight is 293 g/mol. The van der Waals surface area contributed by atoms with E-state index in [1.165, 1.54) is 30.5 Å². The van der Waals surface area contributed by atoms with E-state index in [4.69, 9.17) is 0 Å². The van der Waals surface area contributed by atoms with E-state index < -0.39 is 15.8 Å². The zero-order valence-corrected chi connectivity index (χ0v) is 11.4. The van der Waals surface area contributed by atoms with E-state index in [1.807, 2.05) is 6.92 Å². The van der Waals surface area contributed by atoms with Crippen LogP contribution in [0.4, 0.5) is 4.39 Å². The van der Waals surface area contributed by atoms with Gasteiger partial charge in [0.1, 0.15) is 5.82 Å². The number of hydrogen-bond donors (Lipinski definition) is 1. The van der Waals surface area contributed by atoms with Crippen molar-refractivity contribution in [1.29, 1.82) is 0 Å². The standard InChI is InChI=1S/C13H12FN3O2S/c1-10-2-6-13(7-3-10)20(18,19)17-16-9-12-5-4-11(14)8-15-12/h2-9,17H,1H3/b16-9-. The Hall–Kier alpha value is -2.28. The van der Waals surface area contributed by atoms with E-state index >= 15 is 0 Å². The first-order valence-electron chi connectivity index (χ1n) is 5.70. The fourth-order valence-corrected chi connectivity index (χ4v) is 2.19. The van der Waals surface area contributed by atoms with Crippen LogP contribution in [0.3, 0.4) is 0 Å². The van der Waals surface area contributed by atoms with Gasteiger partial charge in [-0.1, -0.05) is 17.7 Å². The van der Waals surface area contributed by atoms with Crippen molar-refractivity contribution >= 4 is 16.2 Å². The third kappa shape index (κ3) is 3.61. The molecule has 20 heavy (non-hydrogen) atoms. The highest BCUT2D eigenvalue weighted by Gasteiger charge is 2.11. The maximum Gasteiger partial charge on any atom is 0.276 e. The largest absolute Gasteiger partial charge is 0.276 e. The summed E-state index contributed by atoms with van der Waals surface area (Å²) in [5.41, 5.74) is 1.31. The van der Waals surface area contributed by atoms with Gasteiger partial charge in [-0.3, -0.25) is 4.98 Å². The van der Waals surface area contributed by atoms with Crippen LogP contribution in [0, 0.1) is 12.7 Å². The number of sulfonamides is 1. The van der Waals surface area contributed by atoms with Gasteiger partial charge >= 0.3 is 0 Å². The first kappa shape index (κ1) is 14.1. The first-order chi connectivity index (χ1) is 9.47. The predicted molar refractivity (Wildman–Crippen MR) is 73.3 cm³/mol. The minimum absolute atomic E-state index is 0.118. The maximum absolute atomic E-state index is 12.6. The van der Waals surface area contributed by atoms with Crippen LogP contribution in [-0.4, -0.2) is 19.6 Å². The Bertz CT molecular complexity index is 710. The van der Waals surface area contributed by atoms with E-state index in [0.29, 0.717) is 5.69 Å². The summed E-state index contributed by atoms with van der Waals surface area (Å²) >= 11 is 0. The molecule has 1 N–H and O–H groups in total. The molecule has 0 atom stereocenters. The molecular weight excluding hydrogens is 281 g/mol. The van der Waals surface area contributed by atoms with Crippen molar-refractivity contribution in [2.45, 2.75) is 11.8 Å². The highest BCUT2D eigenvalue weighted by atomic mass is 32.2. The molecule has 104 valence electrons. The smallest absolute Gasteiger partial charge is 0.252 e. The summed E-state index contributed by atoms with van der Waals surface area (Å²) in [4.78, 5) is 5.91. The van der Waals surface area contributed by atoms with Crippen LogP contribution >= 0.6 is 0 Å². The molecule has 0 aliphatic carbocycles. The molecule has 0 aliphatic rings. The summed E-state index contributed by atoms with van der Waals surface area (Å²) in [5.74, 6) is -0.470. The normalized spacial score (nSPS) is 11.7.